The third-order valence-corrected chi connectivity index (χ3v) is 2.41. The molecule has 0 aromatic carbocycles. The topological polar surface area (TPSA) is 70.7 Å². The van der Waals surface area contributed by atoms with Gasteiger partial charge >= 0.3 is 0 Å². The molecule has 0 saturated heterocycles. The Hall–Kier alpha value is -1.83. The first-order chi connectivity index (χ1) is 7.29. The predicted molar refractivity (Wildman–Crippen MR) is 52.7 cm³/mol. The van der Waals surface area contributed by atoms with E-state index in [2.05, 4.69) is 10.3 Å². The number of hydrogen-bond donors (Lipinski definition) is 1. The van der Waals surface area contributed by atoms with Crippen LogP contribution in [0.2, 0.25) is 0 Å². The van der Waals surface area contributed by atoms with E-state index in [1.807, 2.05) is 6.07 Å². The van der Waals surface area contributed by atoms with Crippen LogP contribution in [-0.2, 0) is 11.3 Å². The van der Waals surface area contributed by atoms with Gasteiger partial charge < -0.3 is 9.88 Å². The Balaban J connectivity index is 1.84. The molecule has 0 radical (unpaired) electrons. The molecule has 1 amide bonds. The molecule has 1 saturated carbocycles. The summed E-state index contributed by atoms with van der Waals surface area (Å²) in [4.78, 5) is 15.3. The van der Waals surface area contributed by atoms with Gasteiger partial charge in [0.05, 0.1) is 0 Å². The van der Waals surface area contributed by atoms with Gasteiger partial charge in [0.15, 0.2) is 0 Å². The predicted octanol–water partition coefficient (Wildman–Crippen LogP) is 0.281. The Morgan fingerprint density at radius 2 is 2.53 bits per heavy atom. The van der Waals surface area contributed by atoms with Crippen LogP contribution < -0.4 is 5.32 Å². The number of rotatable bonds is 4. The van der Waals surface area contributed by atoms with Gasteiger partial charge in [0.25, 0.3) is 0 Å². The molecule has 78 valence electrons. The van der Waals surface area contributed by atoms with E-state index in [0.29, 0.717) is 5.92 Å². The minimum Gasteiger partial charge on any atom is -0.354 e. The second-order valence-corrected chi connectivity index (χ2v) is 3.74. The number of carbonyl (C=O) groups excluding carboxylic acids is 1. The minimum atomic E-state index is -0.0589. The maximum absolute atomic E-state index is 11.4. The molecule has 1 N–H and O–H groups in total. The zero-order valence-corrected chi connectivity index (χ0v) is 8.31. The summed E-state index contributed by atoms with van der Waals surface area (Å²) in [6.07, 6.45) is 5.59. The van der Waals surface area contributed by atoms with E-state index in [0.717, 1.165) is 6.54 Å². The van der Waals surface area contributed by atoms with Crippen LogP contribution >= 0.6 is 0 Å². The van der Waals surface area contributed by atoms with Crippen molar-refractivity contribution in [2.75, 3.05) is 6.54 Å². The smallest absolute Gasteiger partial charge is 0.240 e. The highest BCUT2D eigenvalue weighted by atomic mass is 16.1. The fraction of sp³-hybridized carbons (Fsp3) is 0.500. The average Bonchev–Trinajstić information content (AvgIpc) is 2.96. The summed E-state index contributed by atoms with van der Waals surface area (Å²) in [6, 6.07) is 1.93. The number of carbonyl (C=O) groups is 1. The van der Waals surface area contributed by atoms with E-state index in [4.69, 9.17) is 5.26 Å². The third kappa shape index (κ3) is 2.56. The van der Waals surface area contributed by atoms with Crippen LogP contribution in [0.4, 0.5) is 0 Å². The van der Waals surface area contributed by atoms with Crippen LogP contribution in [0, 0.1) is 17.2 Å². The van der Waals surface area contributed by atoms with Crippen molar-refractivity contribution in [3.63, 3.8) is 0 Å². The zero-order valence-electron chi connectivity index (χ0n) is 8.31. The number of hydrogen-bond acceptors (Lipinski definition) is 3. The number of nitrogens with zero attached hydrogens (tertiary/aromatic N) is 3. The number of nitrogens with one attached hydrogen (secondary N) is 1. The molecule has 0 unspecified atom stereocenters. The van der Waals surface area contributed by atoms with Gasteiger partial charge in [-0.3, -0.25) is 4.79 Å². The third-order valence-electron chi connectivity index (χ3n) is 2.41. The van der Waals surface area contributed by atoms with Crippen LogP contribution in [0.15, 0.2) is 12.4 Å². The molecule has 1 aromatic rings. The molecule has 0 atom stereocenters. The van der Waals surface area contributed by atoms with Gasteiger partial charge in [-0.1, -0.05) is 0 Å². The molecule has 0 aliphatic heterocycles. The Kier molecular flexibility index (Phi) is 2.68. The molecule has 5 nitrogen and oxygen atoms in total. The molecular formula is C10H12N4O. The number of imidazole rings is 1. The van der Waals surface area contributed by atoms with Crippen molar-refractivity contribution in [2.45, 2.75) is 19.4 Å². The summed E-state index contributed by atoms with van der Waals surface area (Å²) in [5, 5.41) is 11.5. The summed E-state index contributed by atoms with van der Waals surface area (Å²) < 4.78 is 1.54. The first kappa shape index (κ1) is 9.71. The van der Waals surface area contributed by atoms with Gasteiger partial charge in [0, 0.05) is 18.9 Å². The molecule has 0 spiro atoms. The molecule has 0 bridgehead atoms. The van der Waals surface area contributed by atoms with Crippen LogP contribution in [0.3, 0.4) is 0 Å². The van der Waals surface area contributed by atoms with E-state index in [-0.39, 0.29) is 18.3 Å². The summed E-state index contributed by atoms with van der Waals surface area (Å²) >= 11 is 0. The zero-order chi connectivity index (χ0) is 10.7. The highest BCUT2D eigenvalue weighted by Gasteiger charge is 2.21. The summed E-state index contributed by atoms with van der Waals surface area (Å²) in [7, 11) is 0. The van der Waals surface area contributed by atoms with Crippen LogP contribution in [0.1, 0.15) is 18.7 Å². The van der Waals surface area contributed by atoms with Gasteiger partial charge in [-0.25, -0.2) is 4.98 Å². The molecule has 1 heterocycles. The van der Waals surface area contributed by atoms with Crippen LogP contribution in [0.25, 0.3) is 0 Å². The maximum Gasteiger partial charge on any atom is 0.240 e. The first-order valence-corrected chi connectivity index (χ1v) is 4.97. The molecule has 15 heavy (non-hydrogen) atoms. The van der Waals surface area contributed by atoms with E-state index in [1.165, 1.54) is 19.0 Å². The lowest BCUT2D eigenvalue weighted by Gasteiger charge is -2.04. The van der Waals surface area contributed by atoms with Crippen molar-refractivity contribution >= 4 is 5.91 Å². The quantitative estimate of drug-likeness (QED) is 0.765. The molecule has 1 fully saturated rings. The van der Waals surface area contributed by atoms with Gasteiger partial charge in [-0.2, -0.15) is 5.26 Å². The molecule has 1 aliphatic rings. The maximum atomic E-state index is 11.4. The highest BCUT2D eigenvalue weighted by Crippen LogP contribution is 2.27. The van der Waals surface area contributed by atoms with Crippen LogP contribution in [-0.4, -0.2) is 22.0 Å². The molecule has 1 aliphatic carbocycles. The van der Waals surface area contributed by atoms with E-state index in [9.17, 15) is 4.79 Å². The highest BCUT2D eigenvalue weighted by molar-refractivity contribution is 5.75. The van der Waals surface area contributed by atoms with Gasteiger partial charge in [0.1, 0.15) is 12.6 Å². The Bertz CT molecular complexity index is 400. The van der Waals surface area contributed by atoms with E-state index >= 15 is 0 Å². The van der Waals surface area contributed by atoms with Crippen molar-refractivity contribution in [1.29, 1.82) is 5.26 Å². The van der Waals surface area contributed by atoms with Gasteiger partial charge in [-0.05, 0) is 18.8 Å². The largest absolute Gasteiger partial charge is 0.354 e. The second-order valence-electron chi connectivity index (χ2n) is 3.74. The Labute approximate surface area is 87.7 Å². The molecular weight excluding hydrogens is 192 g/mol. The second kappa shape index (κ2) is 4.13. The van der Waals surface area contributed by atoms with E-state index < -0.39 is 0 Å². The summed E-state index contributed by atoms with van der Waals surface area (Å²) in [5.74, 6) is 0.889. The minimum absolute atomic E-state index is 0.0589. The molecule has 5 heteroatoms. The average molecular weight is 204 g/mol. The fourth-order valence-corrected chi connectivity index (χ4v) is 1.34. The lowest BCUT2D eigenvalue weighted by Crippen LogP contribution is -2.29. The van der Waals surface area contributed by atoms with Crippen LogP contribution in [0.5, 0.6) is 0 Å². The van der Waals surface area contributed by atoms with Crippen molar-refractivity contribution in [1.82, 2.24) is 14.9 Å². The molecule has 1 aromatic heterocycles. The standard InChI is InChI=1S/C10H12N4O/c11-5-9-12-3-4-14(9)7-10(15)13-6-8-1-2-8/h3-4,8H,1-2,6-7H2,(H,13,15). The SMILES string of the molecule is N#Cc1nccn1CC(=O)NCC1CC1. The monoisotopic (exact) mass is 204 g/mol. The number of amides is 1. The van der Waals surface area contributed by atoms with Crippen molar-refractivity contribution in [3.05, 3.63) is 18.2 Å². The summed E-state index contributed by atoms with van der Waals surface area (Å²) in [5.41, 5.74) is 0. The van der Waals surface area contributed by atoms with E-state index in [1.54, 1.807) is 10.8 Å². The van der Waals surface area contributed by atoms with Gasteiger partial charge in [-0.15, -0.1) is 0 Å². The van der Waals surface area contributed by atoms with Gasteiger partial charge in [0.2, 0.25) is 11.7 Å². The number of aromatic nitrogens is 2. The first-order valence-electron chi connectivity index (χ1n) is 4.97. The lowest BCUT2D eigenvalue weighted by molar-refractivity contribution is -0.121. The lowest BCUT2D eigenvalue weighted by atomic mass is 10.4. The van der Waals surface area contributed by atoms with Crippen molar-refractivity contribution in [3.8, 4) is 6.07 Å². The fourth-order valence-electron chi connectivity index (χ4n) is 1.34. The normalized spacial score (nSPS) is 14.6. The number of nitriles is 1. The van der Waals surface area contributed by atoms with Crippen molar-refractivity contribution in [2.24, 2.45) is 5.92 Å². The van der Waals surface area contributed by atoms with Crippen molar-refractivity contribution < 1.29 is 4.79 Å². The summed E-state index contributed by atoms with van der Waals surface area (Å²) in [6.45, 7) is 0.936. The molecule has 2 rings (SSSR count). The Morgan fingerprint density at radius 1 is 1.73 bits per heavy atom. The Morgan fingerprint density at radius 3 is 3.20 bits per heavy atom.